The minimum absolute atomic E-state index is 0.0398. The maximum Gasteiger partial charge on any atom is 0.224 e. The fourth-order valence-electron chi connectivity index (χ4n) is 3.44. The average Bonchev–Trinajstić information content (AvgIpc) is 3.27. The predicted octanol–water partition coefficient (Wildman–Crippen LogP) is 3.32. The summed E-state index contributed by atoms with van der Waals surface area (Å²) in [6.45, 7) is 7.80. The molecule has 0 unspecified atom stereocenters. The number of aromatic nitrogens is 6. The first kappa shape index (κ1) is 18.8. The quantitative estimate of drug-likeness (QED) is 0.545. The molecule has 0 atom stereocenters. The molecule has 1 amide bonds. The molecule has 0 saturated carbocycles. The third kappa shape index (κ3) is 3.87. The standard InChI is InChI=1S/C21H23N7O/c1-12-11-19-22-13(2)18(14(3)28(19)27-12)9-10-20(29)24-17-7-5-16(6-8-17)21-23-15(4)25-26-21/h5-8,11H,9-10H2,1-4H3,(H,24,29)(H,23,25,26). The second-order valence-electron chi connectivity index (χ2n) is 7.19. The molecule has 0 bridgehead atoms. The molecule has 148 valence electrons. The molecule has 0 saturated heterocycles. The molecular weight excluding hydrogens is 366 g/mol. The molecule has 0 radical (unpaired) electrons. The van der Waals surface area contributed by atoms with Crippen molar-refractivity contribution in [2.24, 2.45) is 0 Å². The highest BCUT2D eigenvalue weighted by molar-refractivity contribution is 5.91. The lowest BCUT2D eigenvalue weighted by molar-refractivity contribution is -0.116. The van der Waals surface area contributed by atoms with E-state index in [9.17, 15) is 4.79 Å². The first-order valence-electron chi connectivity index (χ1n) is 9.52. The Morgan fingerprint density at radius 1 is 1.10 bits per heavy atom. The van der Waals surface area contributed by atoms with E-state index in [1.54, 1.807) is 0 Å². The third-order valence-corrected chi connectivity index (χ3v) is 4.91. The van der Waals surface area contributed by atoms with Crippen molar-refractivity contribution in [3.05, 3.63) is 58.8 Å². The lowest BCUT2D eigenvalue weighted by atomic mass is 10.1. The van der Waals surface area contributed by atoms with Crippen molar-refractivity contribution in [1.29, 1.82) is 0 Å². The zero-order valence-corrected chi connectivity index (χ0v) is 16.9. The van der Waals surface area contributed by atoms with E-state index in [1.807, 2.05) is 62.5 Å². The average molecular weight is 389 g/mol. The zero-order chi connectivity index (χ0) is 20.5. The number of nitrogens with one attached hydrogen (secondary N) is 2. The number of carbonyl (C=O) groups is 1. The SMILES string of the molecule is Cc1cc2nc(C)c(CCC(=O)Nc3ccc(-c4n[nH]c(C)n4)cc3)c(C)n2n1. The van der Waals surface area contributed by atoms with Crippen molar-refractivity contribution in [2.75, 3.05) is 5.32 Å². The largest absolute Gasteiger partial charge is 0.326 e. The van der Waals surface area contributed by atoms with Crippen LogP contribution in [0.5, 0.6) is 0 Å². The van der Waals surface area contributed by atoms with Crippen LogP contribution in [0.2, 0.25) is 0 Å². The van der Waals surface area contributed by atoms with Crippen LogP contribution >= 0.6 is 0 Å². The molecule has 1 aromatic carbocycles. The highest BCUT2D eigenvalue weighted by atomic mass is 16.1. The van der Waals surface area contributed by atoms with E-state index in [0.29, 0.717) is 18.7 Å². The van der Waals surface area contributed by atoms with Crippen LogP contribution in [0.4, 0.5) is 5.69 Å². The molecule has 3 aromatic heterocycles. The van der Waals surface area contributed by atoms with E-state index < -0.39 is 0 Å². The van der Waals surface area contributed by atoms with Gasteiger partial charge in [-0.1, -0.05) is 0 Å². The molecule has 0 aliphatic heterocycles. The Morgan fingerprint density at radius 2 is 1.86 bits per heavy atom. The summed E-state index contributed by atoms with van der Waals surface area (Å²) in [6, 6.07) is 9.46. The number of carbonyl (C=O) groups excluding carboxylic acids is 1. The van der Waals surface area contributed by atoms with Gasteiger partial charge in [0, 0.05) is 35.1 Å². The first-order valence-corrected chi connectivity index (χ1v) is 9.52. The summed E-state index contributed by atoms with van der Waals surface area (Å²) < 4.78 is 1.85. The molecule has 8 nitrogen and oxygen atoms in total. The van der Waals surface area contributed by atoms with Crippen LogP contribution in [0.15, 0.2) is 30.3 Å². The molecule has 0 spiro atoms. The Morgan fingerprint density at radius 3 is 2.55 bits per heavy atom. The Balaban J connectivity index is 1.42. The number of hydrogen-bond donors (Lipinski definition) is 2. The molecule has 3 heterocycles. The predicted molar refractivity (Wildman–Crippen MR) is 111 cm³/mol. The summed E-state index contributed by atoms with van der Waals surface area (Å²) >= 11 is 0. The van der Waals surface area contributed by atoms with Gasteiger partial charge < -0.3 is 5.32 Å². The van der Waals surface area contributed by atoms with Crippen LogP contribution in [0.25, 0.3) is 17.0 Å². The highest BCUT2D eigenvalue weighted by Crippen LogP contribution is 2.19. The lowest BCUT2D eigenvalue weighted by Crippen LogP contribution is -2.14. The van der Waals surface area contributed by atoms with Gasteiger partial charge in [-0.25, -0.2) is 14.5 Å². The molecule has 4 rings (SSSR count). The molecule has 0 fully saturated rings. The van der Waals surface area contributed by atoms with E-state index >= 15 is 0 Å². The van der Waals surface area contributed by atoms with Crippen LogP contribution in [-0.4, -0.2) is 35.7 Å². The Hall–Kier alpha value is -3.55. The van der Waals surface area contributed by atoms with Gasteiger partial charge in [-0.15, -0.1) is 0 Å². The molecule has 2 N–H and O–H groups in total. The van der Waals surface area contributed by atoms with Gasteiger partial charge in [0.15, 0.2) is 11.5 Å². The third-order valence-electron chi connectivity index (χ3n) is 4.91. The maximum absolute atomic E-state index is 12.5. The number of aryl methyl sites for hydroxylation is 4. The van der Waals surface area contributed by atoms with Gasteiger partial charge in [0.2, 0.25) is 5.91 Å². The van der Waals surface area contributed by atoms with Crippen LogP contribution in [0.3, 0.4) is 0 Å². The molecule has 4 aromatic rings. The summed E-state index contributed by atoms with van der Waals surface area (Å²) in [4.78, 5) is 21.4. The van der Waals surface area contributed by atoms with Gasteiger partial charge in [-0.3, -0.25) is 9.89 Å². The number of fused-ring (bicyclic) bond motifs is 1. The van der Waals surface area contributed by atoms with E-state index in [1.165, 1.54) is 0 Å². The van der Waals surface area contributed by atoms with Gasteiger partial charge in [0.1, 0.15) is 5.82 Å². The molecule has 8 heteroatoms. The second-order valence-corrected chi connectivity index (χ2v) is 7.19. The van der Waals surface area contributed by atoms with Crippen molar-refractivity contribution >= 4 is 17.2 Å². The number of rotatable bonds is 5. The molecule has 29 heavy (non-hydrogen) atoms. The molecular formula is C21H23N7O. The zero-order valence-electron chi connectivity index (χ0n) is 16.9. The molecule has 0 aliphatic carbocycles. The van der Waals surface area contributed by atoms with Crippen molar-refractivity contribution in [2.45, 2.75) is 40.5 Å². The van der Waals surface area contributed by atoms with Crippen molar-refractivity contribution in [3.63, 3.8) is 0 Å². The van der Waals surface area contributed by atoms with Gasteiger partial charge in [0.25, 0.3) is 0 Å². The summed E-state index contributed by atoms with van der Waals surface area (Å²) in [5.74, 6) is 1.37. The Bertz CT molecular complexity index is 1190. The van der Waals surface area contributed by atoms with Crippen molar-refractivity contribution in [3.8, 4) is 11.4 Å². The van der Waals surface area contributed by atoms with Crippen molar-refractivity contribution in [1.82, 2.24) is 29.8 Å². The van der Waals surface area contributed by atoms with Crippen LogP contribution in [0, 0.1) is 27.7 Å². The minimum atomic E-state index is -0.0398. The number of benzene rings is 1. The maximum atomic E-state index is 12.5. The topological polar surface area (TPSA) is 101 Å². The number of aromatic amines is 1. The Kier molecular flexibility index (Phi) is 4.84. The summed E-state index contributed by atoms with van der Waals surface area (Å²) in [5, 5.41) is 14.4. The number of anilines is 1. The fourth-order valence-corrected chi connectivity index (χ4v) is 3.44. The lowest BCUT2D eigenvalue weighted by Gasteiger charge is -2.11. The number of H-pyrrole nitrogens is 1. The highest BCUT2D eigenvalue weighted by Gasteiger charge is 2.13. The number of amides is 1. The van der Waals surface area contributed by atoms with Gasteiger partial charge in [0.05, 0.1) is 5.69 Å². The summed E-state index contributed by atoms with van der Waals surface area (Å²) in [5.41, 5.74) is 6.44. The van der Waals surface area contributed by atoms with E-state index in [2.05, 4.69) is 30.6 Å². The van der Waals surface area contributed by atoms with E-state index in [4.69, 9.17) is 0 Å². The van der Waals surface area contributed by atoms with E-state index in [-0.39, 0.29) is 5.91 Å². The first-order chi connectivity index (χ1) is 13.9. The van der Waals surface area contributed by atoms with Crippen LogP contribution in [0.1, 0.15) is 34.9 Å². The number of nitrogens with zero attached hydrogens (tertiary/aromatic N) is 5. The number of hydrogen-bond acceptors (Lipinski definition) is 5. The Labute approximate surface area is 168 Å². The monoisotopic (exact) mass is 389 g/mol. The molecule has 0 aliphatic rings. The fraction of sp³-hybridized carbons (Fsp3) is 0.286. The van der Waals surface area contributed by atoms with Gasteiger partial charge >= 0.3 is 0 Å². The van der Waals surface area contributed by atoms with Gasteiger partial charge in [-0.2, -0.15) is 10.2 Å². The normalized spacial score (nSPS) is 11.2. The van der Waals surface area contributed by atoms with Gasteiger partial charge in [-0.05, 0) is 63.9 Å². The van der Waals surface area contributed by atoms with Crippen LogP contribution < -0.4 is 5.32 Å². The van der Waals surface area contributed by atoms with Crippen LogP contribution in [-0.2, 0) is 11.2 Å². The minimum Gasteiger partial charge on any atom is -0.326 e. The van der Waals surface area contributed by atoms with Crippen molar-refractivity contribution < 1.29 is 4.79 Å². The second kappa shape index (κ2) is 7.46. The smallest absolute Gasteiger partial charge is 0.224 e. The summed E-state index contributed by atoms with van der Waals surface area (Å²) in [6.07, 6.45) is 0.983. The summed E-state index contributed by atoms with van der Waals surface area (Å²) in [7, 11) is 0. The van der Waals surface area contributed by atoms with E-state index in [0.717, 1.165) is 45.4 Å².